The van der Waals surface area contributed by atoms with Crippen molar-refractivity contribution < 1.29 is 18.7 Å². The number of rotatable bonds is 11. The van der Waals surface area contributed by atoms with Crippen LogP contribution in [0.3, 0.4) is 0 Å². The zero-order valence-corrected chi connectivity index (χ0v) is 23.5. The Hall–Kier alpha value is -3.72. The van der Waals surface area contributed by atoms with Crippen molar-refractivity contribution in [2.45, 2.75) is 59.4 Å². The lowest BCUT2D eigenvalue weighted by atomic mass is 9.98. The minimum Gasteiger partial charge on any atom is -0.490 e. The Labute approximate surface area is 231 Å². The van der Waals surface area contributed by atoms with Gasteiger partial charge in [-0.05, 0) is 49.1 Å². The van der Waals surface area contributed by atoms with E-state index < -0.39 is 11.9 Å². The van der Waals surface area contributed by atoms with E-state index in [9.17, 15) is 9.59 Å². The number of hydrogen-bond acceptors (Lipinski definition) is 8. The summed E-state index contributed by atoms with van der Waals surface area (Å²) >= 11 is 1.36. The number of unbranched alkanes of at least 4 members (excludes halogenated alkanes) is 2. The monoisotopic (exact) mass is 547 g/mol. The number of nitrogens with zero attached hydrogens (tertiary/aromatic N) is 3. The topological polar surface area (TPSA) is 94.8 Å². The molecular weight excluding hydrogens is 514 g/mol. The van der Waals surface area contributed by atoms with E-state index in [1.54, 1.807) is 24.3 Å². The van der Waals surface area contributed by atoms with Gasteiger partial charge >= 0.3 is 0 Å². The third kappa shape index (κ3) is 5.28. The molecule has 0 N–H and O–H groups in total. The SMILES string of the molecule is CCCCCOc1ccc(C2c3c(oc4ccccc4c3=O)C(=O)N2c2nnc(CC(C)C)s2)cc1OCC. The van der Waals surface area contributed by atoms with Crippen molar-refractivity contribution in [2.24, 2.45) is 5.92 Å². The molecule has 4 aromatic rings. The second-order valence-electron chi connectivity index (χ2n) is 10.0. The molecule has 9 heteroatoms. The van der Waals surface area contributed by atoms with Crippen LogP contribution >= 0.6 is 11.3 Å². The lowest BCUT2D eigenvalue weighted by Crippen LogP contribution is -2.29. The summed E-state index contributed by atoms with van der Waals surface area (Å²) in [4.78, 5) is 29.2. The maximum Gasteiger partial charge on any atom is 0.297 e. The molecule has 1 aliphatic heterocycles. The van der Waals surface area contributed by atoms with Crippen LogP contribution in [0, 0.1) is 5.92 Å². The van der Waals surface area contributed by atoms with Crippen LogP contribution in [0.1, 0.15) is 79.7 Å². The summed E-state index contributed by atoms with van der Waals surface area (Å²) in [5.41, 5.74) is 1.13. The van der Waals surface area contributed by atoms with Crippen molar-refractivity contribution >= 4 is 33.3 Å². The van der Waals surface area contributed by atoms with Gasteiger partial charge in [0.15, 0.2) is 16.9 Å². The Bertz CT molecular complexity index is 1540. The minimum atomic E-state index is -0.749. The molecule has 39 heavy (non-hydrogen) atoms. The average Bonchev–Trinajstić information content (AvgIpc) is 3.49. The summed E-state index contributed by atoms with van der Waals surface area (Å²) in [5.74, 6) is 1.20. The van der Waals surface area contributed by atoms with Crippen LogP contribution in [0.5, 0.6) is 11.5 Å². The zero-order valence-electron chi connectivity index (χ0n) is 22.7. The summed E-state index contributed by atoms with van der Waals surface area (Å²) < 4.78 is 18.0. The number of hydrogen-bond donors (Lipinski definition) is 0. The molecular formula is C30H33N3O5S. The van der Waals surface area contributed by atoms with Gasteiger partial charge in [-0.25, -0.2) is 0 Å². The van der Waals surface area contributed by atoms with Gasteiger partial charge in [0.2, 0.25) is 10.9 Å². The predicted octanol–water partition coefficient (Wildman–Crippen LogP) is 6.56. The van der Waals surface area contributed by atoms with Gasteiger partial charge in [0.1, 0.15) is 10.6 Å². The van der Waals surface area contributed by atoms with Crippen LogP contribution in [0.4, 0.5) is 5.13 Å². The van der Waals surface area contributed by atoms with Gasteiger partial charge in [-0.3, -0.25) is 14.5 Å². The highest BCUT2D eigenvalue weighted by Crippen LogP contribution is 2.44. The van der Waals surface area contributed by atoms with E-state index in [1.165, 1.54) is 16.2 Å². The Morgan fingerprint density at radius 2 is 1.85 bits per heavy atom. The van der Waals surface area contributed by atoms with Gasteiger partial charge < -0.3 is 13.9 Å². The Morgan fingerprint density at radius 1 is 1.03 bits per heavy atom. The normalized spacial score (nSPS) is 14.8. The van der Waals surface area contributed by atoms with E-state index in [4.69, 9.17) is 13.9 Å². The summed E-state index contributed by atoms with van der Waals surface area (Å²) in [6, 6.07) is 11.8. The quantitative estimate of drug-likeness (QED) is 0.196. The van der Waals surface area contributed by atoms with Crippen LogP contribution < -0.4 is 19.8 Å². The minimum absolute atomic E-state index is 0.0298. The van der Waals surface area contributed by atoms with Gasteiger partial charge in [-0.2, -0.15) is 0 Å². The maximum absolute atomic E-state index is 13.9. The number of benzene rings is 2. The summed E-state index contributed by atoms with van der Waals surface area (Å²) in [5, 5.41) is 10.4. The van der Waals surface area contributed by atoms with E-state index in [2.05, 4.69) is 31.0 Å². The first-order valence-corrected chi connectivity index (χ1v) is 14.4. The molecule has 0 fully saturated rings. The number of ether oxygens (including phenoxy) is 2. The second kappa shape index (κ2) is 11.6. The maximum atomic E-state index is 13.9. The van der Waals surface area contributed by atoms with E-state index in [0.717, 1.165) is 30.7 Å². The van der Waals surface area contributed by atoms with E-state index in [1.807, 2.05) is 25.1 Å². The standard InChI is InChI=1S/C30H33N3O5S/c1-5-7-10-15-37-22-14-13-19(17-23(22)36-6-2)26-25-27(34)20-11-8-9-12-21(20)38-28(25)29(35)33(26)30-32-31-24(39-30)16-18(3)4/h8-9,11-14,17-18,26H,5-7,10,15-16H2,1-4H3. The average molecular weight is 548 g/mol. The molecule has 0 bridgehead atoms. The number of aromatic nitrogens is 2. The Morgan fingerprint density at radius 3 is 2.62 bits per heavy atom. The molecule has 1 aliphatic rings. The predicted molar refractivity (Wildman–Crippen MR) is 152 cm³/mol. The number of carbonyl (C=O) groups is 1. The molecule has 2 aromatic heterocycles. The van der Waals surface area contributed by atoms with Crippen LogP contribution in [0.2, 0.25) is 0 Å². The van der Waals surface area contributed by atoms with Gasteiger partial charge in [-0.1, -0.05) is 63.1 Å². The molecule has 2 aromatic carbocycles. The molecule has 8 nitrogen and oxygen atoms in total. The summed E-state index contributed by atoms with van der Waals surface area (Å²) in [6.07, 6.45) is 3.89. The Balaban J connectivity index is 1.64. The Kier molecular flexibility index (Phi) is 7.97. The fourth-order valence-electron chi connectivity index (χ4n) is 4.82. The molecule has 0 saturated heterocycles. The molecule has 1 amide bonds. The molecule has 1 unspecified atom stereocenters. The van der Waals surface area contributed by atoms with Crippen molar-refractivity contribution in [3.63, 3.8) is 0 Å². The number of para-hydroxylation sites is 1. The van der Waals surface area contributed by atoms with Crippen LogP contribution in [-0.2, 0) is 6.42 Å². The smallest absolute Gasteiger partial charge is 0.297 e. The summed E-state index contributed by atoms with van der Waals surface area (Å²) in [7, 11) is 0. The largest absolute Gasteiger partial charge is 0.490 e. The molecule has 0 spiro atoms. The number of amides is 1. The van der Waals surface area contributed by atoms with Crippen LogP contribution in [-0.4, -0.2) is 29.3 Å². The lowest BCUT2D eigenvalue weighted by Gasteiger charge is -2.23. The van der Waals surface area contributed by atoms with Crippen molar-refractivity contribution in [3.8, 4) is 11.5 Å². The number of anilines is 1. The molecule has 5 rings (SSSR count). The molecule has 0 saturated carbocycles. The van der Waals surface area contributed by atoms with Crippen molar-refractivity contribution in [2.75, 3.05) is 18.1 Å². The first-order chi connectivity index (χ1) is 18.9. The van der Waals surface area contributed by atoms with E-state index in [0.29, 0.717) is 57.9 Å². The first-order valence-electron chi connectivity index (χ1n) is 13.5. The highest BCUT2D eigenvalue weighted by atomic mass is 32.1. The van der Waals surface area contributed by atoms with Crippen molar-refractivity contribution in [1.29, 1.82) is 0 Å². The zero-order chi connectivity index (χ0) is 27.5. The molecule has 1 atom stereocenters. The number of carbonyl (C=O) groups excluding carboxylic acids is 1. The fraction of sp³-hybridized carbons (Fsp3) is 0.400. The highest BCUT2D eigenvalue weighted by molar-refractivity contribution is 7.15. The molecule has 3 heterocycles. The van der Waals surface area contributed by atoms with Crippen LogP contribution in [0.25, 0.3) is 11.0 Å². The number of fused-ring (bicyclic) bond motifs is 2. The van der Waals surface area contributed by atoms with E-state index >= 15 is 0 Å². The summed E-state index contributed by atoms with van der Waals surface area (Å²) in [6.45, 7) is 9.30. The fourth-order valence-corrected chi connectivity index (χ4v) is 5.90. The molecule has 0 aliphatic carbocycles. The third-order valence-electron chi connectivity index (χ3n) is 6.61. The van der Waals surface area contributed by atoms with Gasteiger partial charge in [0.05, 0.1) is 30.2 Å². The third-order valence-corrected chi connectivity index (χ3v) is 7.56. The van der Waals surface area contributed by atoms with Crippen LogP contribution in [0.15, 0.2) is 51.7 Å². The van der Waals surface area contributed by atoms with Gasteiger partial charge in [0.25, 0.3) is 5.91 Å². The van der Waals surface area contributed by atoms with Gasteiger partial charge in [0, 0.05) is 6.42 Å². The van der Waals surface area contributed by atoms with Crippen molar-refractivity contribution in [1.82, 2.24) is 10.2 Å². The second-order valence-corrected chi connectivity index (χ2v) is 11.1. The van der Waals surface area contributed by atoms with Gasteiger partial charge in [-0.15, -0.1) is 10.2 Å². The lowest BCUT2D eigenvalue weighted by molar-refractivity contribution is 0.0970. The van der Waals surface area contributed by atoms with Crippen molar-refractivity contribution in [3.05, 3.63) is 74.6 Å². The molecule has 204 valence electrons. The van der Waals surface area contributed by atoms with E-state index in [-0.39, 0.29) is 11.2 Å². The first kappa shape index (κ1) is 26.9. The highest BCUT2D eigenvalue weighted by Gasteiger charge is 2.45. The molecule has 0 radical (unpaired) electrons.